The van der Waals surface area contributed by atoms with Crippen LogP contribution in [0.2, 0.25) is 0 Å². The van der Waals surface area contributed by atoms with Crippen molar-refractivity contribution < 1.29 is 12.8 Å². The van der Waals surface area contributed by atoms with Gasteiger partial charge in [-0.15, -0.1) is 0 Å². The minimum absolute atomic E-state index is 0.147. The van der Waals surface area contributed by atoms with Crippen molar-refractivity contribution >= 4 is 26.5 Å². The minimum Gasteiger partial charge on any atom is -0.446 e. The molecular weight excluding hydrogens is 290 g/mol. The fraction of sp³-hybridized carbons (Fsp3) is 0.0714. The van der Waals surface area contributed by atoms with E-state index in [2.05, 4.69) is 9.71 Å². The Labute approximate surface area is 121 Å². The van der Waals surface area contributed by atoms with Gasteiger partial charge < -0.3 is 10.2 Å². The van der Waals surface area contributed by atoms with Crippen molar-refractivity contribution in [3.63, 3.8) is 0 Å². The molecule has 0 saturated carbocycles. The number of benzene rings is 1. The molecule has 0 saturated heterocycles. The summed E-state index contributed by atoms with van der Waals surface area (Å²) in [4.78, 5) is 4.02. The highest BCUT2D eigenvalue weighted by Crippen LogP contribution is 2.25. The van der Waals surface area contributed by atoms with Crippen LogP contribution in [-0.4, -0.2) is 13.4 Å². The summed E-state index contributed by atoms with van der Waals surface area (Å²) in [7, 11) is -3.79. The fourth-order valence-corrected chi connectivity index (χ4v) is 3.04. The molecule has 21 heavy (non-hydrogen) atoms. The molecule has 0 aliphatic heterocycles. The maximum absolute atomic E-state index is 12.3. The molecule has 0 bridgehead atoms. The third-order valence-corrected chi connectivity index (χ3v) is 4.27. The molecule has 6 nitrogen and oxygen atoms in total. The highest BCUT2D eigenvalue weighted by Gasteiger charge is 2.19. The van der Waals surface area contributed by atoms with E-state index in [0.29, 0.717) is 16.8 Å². The normalized spacial score (nSPS) is 11.7. The fourth-order valence-electron chi connectivity index (χ4n) is 2.01. The molecule has 0 radical (unpaired) electrons. The molecule has 2 heterocycles. The second-order valence-corrected chi connectivity index (χ2v) is 6.05. The molecule has 0 atom stereocenters. The van der Waals surface area contributed by atoms with Crippen molar-refractivity contribution in [2.75, 3.05) is 4.72 Å². The smallest absolute Gasteiger partial charge is 0.295 e. The van der Waals surface area contributed by atoms with Crippen LogP contribution in [0.25, 0.3) is 10.8 Å². The van der Waals surface area contributed by atoms with Gasteiger partial charge in [-0.1, -0.05) is 12.1 Å². The number of furan rings is 1. The van der Waals surface area contributed by atoms with Gasteiger partial charge in [0, 0.05) is 17.8 Å². The number of rotatable bonds is 4. The Morgan fingerprint density at radius 3 is 2.81 bits per heavy atom. The van der Waals surface area contributed by atoms with Gasteiger partial charge >= 0.3 is 0 Å². The number of aromatic nitrogens is 1. The molecule has 2 aromatic heterocycles. The van der Waals surface area contributed by atoms with Crippen molar-refractivity contribution in [3.8, 4) is 0 Å². The van der Waals surface area contributed by atoms with Crippen molar-refractivity contribution in [3.05, 3.63) is 54.6 Å². The Morgan fingerprint density at radius 1 is 1.19 bits per heavy atom. The van der Waals surface area contributed by atoms with Crippen LogP contribution in [0.3, 0.4) is 0 Å². The van der Waals surface area contributed by atoms with E-state index in [0.717, 1.165) is 5.39 Å². The largest absolute Gasteiger partial charge is 0.446 e. The van der Waals surface area contributed by atoms with Crippen molar-refractivity contribution in [2.24, 2.45) is 5.73 Å². The van der Waals surface area contributed by atoms with Gasteiger partial charge in [0.15, 0.2) is 0 Å². The van der Waals surface area contributed by atoms with Crippen LogP contribution < -0.4 is 10.5 Å². The summed E-state index contributed by atoms with van der Waals surface area (Å²) < 4.78 is 32.3. The highest BCUT2D eigenvalue weighted by molar-refractivity contribution is 7.92. The van der Waals surface area contributed by atoms with E-state index in [1.807, 2.05) is 12.1 Å². The second kappa shape index (κ2) is 5.19. The molecule has 1 aromatic carbocycles. The number of hydrogen-bond donors (Lipinski definition) is 2. The second-order valence-electron chi connectivity index (χ2n) is 4.43. The predicted molar refractivity (Wildman–Crippen MR) is 79.2 cm³/mol. The first kappa shape index (κ1) is 13.6. The molecule has 108 valence electrons. The quantitative estimate of drug-likeness (QED) is 0.769. The molecule has 7 heteroatoms. The summed E-state index contributed by atoms with van der Waals surface area (Å²) >= 11 is 0. The zero-order valence-electron chi connectivity index (χ0n) is 11.0. The van der Waals surface area contributed by atoms with Crippen LogP contribution in [0.15, 0.2) is 58.3 Å². The molecule has 3 rings (SSSR count). The van der Waals surface area contributed by atoms with E-state index >= 15 is 0 Å². The van der Waals surface area contributed by atoms with Crippen LogP contribution in [0.4, 0.5) is 5.69 Å². The topological polar surface area (TPSA) is 98.2 Å². The van der Waals surface area contributed by atoms with E-state index < -0.39 is 10.0 Å². The van der Waals surface area contributed by atoms with E-state index in [4.69, 9.17) is 10.2 Å². The summed E-state index contributed by atoms with van der Waals surface area (Å²) in [6.07, 6.45) is 3.27. The van der Waals surface area contributed by atoms with Gasteiger partial charge in [0.2, 0.25) is 5.09 Å². The van der Waals surface area contributed by atoms with E-state index in [-0.39, 0.29) is 11.6 Å². The Kier molecular flexibility index (Phi) is 3.36. The number of anilines is 1. The van der Waals surface area contributed by atoms with Crippen molar-refractivity contribution in [2.45, 2.75) is 11.6 Å². The number of sulfonamides is 1. The monoisotopic (exact) mass is 303 g/mol. The highest BCUT2D eigenvalue weighted by atomic mass is 32.2. The van der Waals surface area contributed by atoms with Gasteiger partial charge in [0.1, 0.15) is 5.76 Å². The number of hydrogen-bond acceptors (Lipinski definition) is 5. The van der Waals surface area contributed by atoms with E-state index in [1.165, 1.54) is 6.07 Å². The summed E-state index contributed by atoms with van der Waals surface area (Å²) in [6.45, 7) is 0.147. The van der Waals surface area contributed by atoms with Gasteiger partial charge in [-0.3, -0.25) is 9.71 Å². The summed E-state index contributed by atoms with van der Waals surface area (Å²) in [5.41, 5.74) is 5.87. The first-order chi connectivity index (χ1) is 10.1. The summed E-state index contributed by atoms with van der Waals surface area (Å²) in [5, 5.41) is 1.45. The van der Waals surface area contributed by atoms with Crippen molar-refractivity contribution in [1.29, 1.82) is 0 Å². The lowest BCUT2D eigenvalue weighted by Crippen LogP contribution is -2.12. The zero-order valence-corrected chi connectivity index (χ0v) is 11.8. The maximum atomic E-state index is 12.3. The molecular formula is C14H13N3O3S. The number of fused-ring (bicyclic) bond motifs is 1. The standard InChI is InChI=1S/C14H13N3O3S/c15-8-11-4-5-14(20-11)21(18,19)17-13-3-1-2-10-6-7-16-9-12(10)13/h1-7,9,17H,8,15H2. The molecule has 3 N–H and O–H groups in total. The van der Waals surface area contributed by atoms with Crippen LogP contribution >= 0.6 is 0 Å². The zero-order chi connectivity index (χ0) is 14.9. The Morgan fingerprint density at radius 2 is 2.05 bits per heavy atom. The van der Waals surface area contributed by atoms with Crippen LogP contribution in [-0.2, 0) is 16.6 Å². The van der Waals surface area contributed by atoms with Crippen molar-refractivity contribution in [1.82, 2.24) is 4.98 Å². The van der Waals surface area contributed by atoms with Crippen LogP contribution in [0.1, 0.15) is 5.76 Å². The Balaban J connectivity index is 2.01. The first-order valence-corrected chi connectivity index (χ1v) is 7.73. The Bertz CT molecular complexity index is 882. The average Bonchev–Trinajstić information content (AvgIpc) is 2.97. The molecule has 0 aliphatic carbocycles. The first-order valence-electron chi connectivity index (χ1n) is 6.24. The molecule has 0 amide bonds. The molecule has 3 aromatic rings. The molecule has 0 unspecified atom stereocenters. The van der Waals surface area contributed by atoms with Gasteiger partial charge in [0.05, 0.1) is 12.2 Å². The number of nitrogens with two attached hydrogens (primary N) is 1. The third kappa shape index (κ3) is 2.61. The number of pyridine rings is 1. The maximum Gasteiger partial charge on any atom is 0.295 e. The van der Waals surface area contributed by atoms with E-state index in [1.54, 1.807) is 30.6 Å². The summed E-state index contributed by atoms with van der Waals surface area (Å²) in [5.74, 6) is 0.412. The lowest BCUT2D eigenvalue weighted by molar-refractivity contribution is 0.417. The number of nitrogens with one attached hydrogen (secondary N) is 1. The number of nitrogens with zero attached hydrogens (tertiary/aromatic N) is 1. The summed E-state index contributed by atoms with van der Waals surface area (Å²) in [6, 6.07) is 10.1. The third-order valence-electron chi connectivity index (χ3n) is 3.03. The minimum atomic E-state index is -3.79. The predicted octanol–water partition coefficient (Wildman–Crippen LogP) is 2.09. The molecule has 0 fully saturated rings. The lowest BCUT2D eigenvalue weighted by atomic mass is 10.1. The SMILES string of the molecule is NCc1ccc(S(=O)(=O)Nc2cccc3ccncc23)o1. The van der Waals surface area contributed by atoms with Gasteiger partial charge in [-0.05, 0) is 29.7 Å². The Hall–Kier alpha value is -2.38. The molecule has 0 aliphatic rings. The lowest BCUT2D eigenvalue weighted by Gasteiger charge is -2.08. The van der Waals surface area contributed by atoms with E-state index in [9.17, 15) is 8.42 Å². The molecule has 0 spiro atoms. The van der Waals surface area contributed by atoms with Gasteiger partial charge in [0.25, 0.3) is 10.0 Å². The van der Waals surface area contributed by atoms with Gasteiger partial charge in [-0.25, -0.2) is 0 Å². The van der Waals surface area contributed by atoms with Crippen LogP contribution in [0, 0.1) is 0 Å². The van der Waals surface area contributed by atoms with Crippen LogP contribution in [0.5, 0.6) is 0 Å². The van der Waals surface area contributed by atoms with Gasteiger partial charge in [-0.2, -0.15) is 8.42 Å². The average molecular weight is 303 g/mol.